The van der Waals surface area contributed by atoms with Gasteiger partial charge in [0.2, 0.25) is 5.88 Å². The Labute approximate surface area is 142 Å². The van der Waals surface area contributed by atoms with Crippen LogP contribution in [0.4, 0.5) is 0 Å². The van der Waals surface area contributed by atoms with Crippen LogP contribution < -0.4 is 9.47 Å². The van der Waals surface area contributed by atoms with E-state index in [1.807, 2.05) is 0 Å². The molecule has 1 saturated heterocycles. The fourth-order valence-electron chi connectivity index (χ4n) is 2.47. The quantitative estimate of drug-likeness (QED) is 0.517. The number of nitrogens with zero attached hydrogens (tertiary/aromatic N) is 2. The summed E-state index contributed by atoms with van der Waals surface area (Å²) in [7, 11) is 2.89. The minimum atomic E-state index is -1.19. The summed E-state index contributed by atoms with van der Waals surface area (Å²) in [5, 5.41) is 0. The first kappa shape index (κ1) is 16.1. The highest BCUT2D eigenvalue weighted by Gasteiger charge is 2.48. The van der Waals surface area contributed by atoms with Gasteiger partial charge in [0.25, 0.3) is 5.79 Å². The van der Waals surface area contributed by atoms with E-state index in [1.54, 1.807) is 0 Å². The zero-order valence-electron chi connectivity index (χ0n) is 12.6. The van der Waals surface area contributed by atoms with Gasteiger partial charge in [0.1, 0.15) is 0 Å². The van der Waals surface area contributed by atoms with Gasteiger partial charge in [0.15, 0.2) is 3.51 Å². The van der Waals surface area contributed by atoms with Gasteiger partial charge in [0, 0.05) is 12.8 Å². The smallest absolute Gasteiger partial charge is 0.354 e. The summed E-state index contributed by atoms with van der Waals surface area (Å²) in [5.74, 6) is -1.98. The molecule has 1 aromatic rings. The molecule has 0 radical (unpaired) electrons. The average molecular weight is 434 g/mol. The summed E-state index contributed by atoms with van der Waals surface area (Å²) in [6.45, 7) is 0. The van der Waals surface area contributed by atoms with E-state index >= 15 is 0 Å². The molecule has 23 heavy (non-hydrogen) atoms. The van der Waals surface area contributed by atoms with Crippen LogP contribution in [0.5, 0.6) is 11.9 Å². The molecule has 0 aromatic carbocycles. The molecule has 9 heteroatoms. The predicted molar refractivity (Wildman–Crippen MR) is 86.2 cm³/mol. The molecule has 0 unspecified atom stereocenters. The number of rotatable bonds is 3. The van der Waals surface area contributed by atoms with E-state index in [0.717, 1.165) is 12.8 Å². The standard InChI is InChI=1S/C14H15IN2O6/c1-20-10-8(7-16-13(17-10)21-2)15-9-11(18)22-14(23-12(9)19)5-3-4-6-14/h7H,3-6H2,1-2H3. The maximum absolute atomic E-state index is 12.3. The minimum Gasteiger partial charge on any atom is -0.480 e. The first-order chi connectivity index (χ1) is 11.1. The van der Waals surface area contributed by atoms with Gasteiger partial charge in [-0.2, -0.15) is 4.98 Å². The van der Waals surface area contributed by atoms with Crippen LogP contribution in [0.25, 0.3) is 0 Å². The Bertz CT molecular complexity index is 662. The molecule has 124 valence electrons. The third-order valence-corrected chi connectivity index (χ3v) is 6.28. The van der Waals surface area contributed by atoms with E-state index in [4.69, 9.17) is 18.9 Å². The second kappa shape index (κ2) is 6.38. The number of halogens is 1. The summed E-state index contributed by atoms with van der Waals surface area (Å²) < 4.78 is 21.5. The Morgan fingerprint density at radius 2 is 1.78 bits per heavy atom. The Hall–Kier alpha value is -1.78. The molecule has 1 saturated carbocycles. The van der Waals surface area contributed by atoms with E-state index in [-0.39, 0.29) is 15.4 Å². The summed E-state index contributed by atoms with van der Waals surface area (Å²) in [5.41, 5.74) is 0. The number of carbonyl (C=O) groups excluding carboxylic acids is 2. The maximum atomic E-state index is 12.3. The second-order valence-corrected chi connectivity index (χ2v) is 7.80. The number of ether oxygens (including phenoxy) is 4. The summed E-state index contributed by atoms with van der Waals surface area (Å²) >= 11 is -1.19. The van der Waals surface area contributed by atoms with E-state index in [1.165, 1.54) is 20.4 Å². The van der Waals surface area contributed by atoms with Crippen molar-refractivity contribution in [1.82, 2.24) is 9.97 Å². The minimum absolute atomic E-state index is 0.0217. The van der Waals surface area contributed by atoms with Crippen molar-refractivity contribution < 1.29 is 28.5 Å². The van der Waals surface area contributed by atoms with Crippen LogP contribution in [0.3, 0.4) is 0 Å². The lowest BCUT2D eigenvalue weighted by molar-refractivity contribution is -0.224. The van der Waals surface area contributed by atoms with Crippen molar-refractivity contribution >= 4 is 36.2 Å². The lowest BCUT2D eigenvalue weighted by atomic mass is 10.2. The molecule has 2 aliphatic rings. The Morgan fingerprint density at radius 1 is 1.13 bits per heavy atom. The van der Waals surface area contributed by atoms with Crippen molar-refractivity contribution in [2.24, 2.45) is 0 Å². The topological polar surface area (TPSA) is 96.8 Å². The first-order valence-corrected chi connectivity index (χ1v) is 9.16. The molecule has 1 aliphatic carbocycles. The van der Waals surface area contributed by atoms with Crippen molar-refractivity contribution in [1.29, 1.82) is 0 Å². The van der Waals surface area contributed by atoms with Gasteiger partial charge in [-0.25, -0.2) is 14.6 Å². The summed E-state index contributed by atoms with van der Waals surface area (Å²) in [4.78, 5) is 32.5. The zero-order chi connectivity index (χ0) is 16.4. The fourth-order valence-corrected chi connectivity index (χ4v) is 4.56. The van der Waals surface area contributed by atoms with Crippen LogP contribution in [0.15, 0.2) is 6.20 Å². The molecule has 1 aliphatic heterocycles. The maximum Gasteiger partial charge on any atom is 0.354 e. The Kier molecular flexibility index (Phi) is 4.46. The largest absolute Gasteiger partial charge is 0.480 e. The molecule has 2 fully saturated rings. The molecule has 0 N–H and O–H groups in total. The molecular formula is C14H15IN2O6. The number of hydrogen-bond acceptors (Lipinski definition) is 8. The van der Waals surface area contributed by atoms with Gasteiger partial charge in [-0.1, -0.05) is 20.7 Å². The number of aromatic nitrogens is 2. The van der Waals surface area contributed by atoms with Crippen LogP contribution in [-0.4, -0.2) is 45.4 Å². The molecule has 8 nitrogen and oxygen atoms in total. The predicted octanol–water partition coefficient (Wildman–Crippen LogP) is 1.18. The Morgan fingerprint density at radius 3 is 2.35 bits per heavy atom. The lowest BCUT2D eigenvalue weighted by Gasteiger charge is -2.32. The number of carbonyl (C=O) groups is 2. The second-order valence-electron chi connectivity index (χ2n) is 5.02. The molecule has 0 amide bonds. The summed E-state index contributed by atoms with van der Waals surface area (Å²) in [6.07, 6.45) is 4.37. The SMILES string of the molecule is COc1ncc(I=C2C(=O)OC3(CCCC3)OC2=O)c(OC)n1. The van der Waals surface area contributed by atoms with Gasteiger partial charge in [-0.15, -0.1) is 0 Å². The number of hydrogen-bond donors (Lipinski definition) is 0. The average Bonchev–Trinajstić information content (AvgIpc) is 2.98. The monoisotopic (exact) mass is 434 g/mol. The molecular weight excluding hydrogens is 419 g/mol. The van der Waals surface area contributed by atoms with E-state index < -0.39 is 38.5 Å². The molecule has 0 atom stereocenters. The van der Waals surface area contributed by atoms with Crippen LogP contribution >= 0.6 is 20.7 Å². The van der Waals surface area contributed by atoms with Crippen LogP contribution in [0.1, 0.15) is 25.7 Å². The molecule has 1 spiro atoms. The molecule has 1 aromatic heterocycles. The zero-order valence-corrected chi connectivity index (χ0v) is 14.8. The molecule has 3 rings (SSSR count). The highest BCUT2D eigenvalue weighted by molar-refractivity contribution is 14.2. The van der Waals surface area contributed by atoms with Gasteiger partial charge in [0.05, 0.1) is 24.0 Å². The highest BCUT2D eigenvalue weighted by Crippen LogP contribution is 2.38. The van der Waals surface area contributed by atoms with Gasteiger partial charge in [-0.3, -0.25) is 0 Å². The number of esters is 2. The Balaban J connectivity index is 1.91. The van der Waals surface area contributed by atoms with Crippen LogP contribution in [0.2, 0.25) is 0 Å². The summed E-state index contributed by atoms with van der Waals surface area (Å²) in [6, 6.07) is 0.151. The van der Waals surface area contributed by atoms with Crippen molar-refractivity contribution in [3.63, 3.8) is 0 Å². The van der Waals surface area contributed by atoms with Crippen molar-refractivity contribution in [3.05, 3.63) is 9.77 Å². The van der Waals surface area contributed by atoms with Gasteiger partial charge in [-0.05, 0) is 12.8 Å². The van der Waals surface area contributed by atoms with E-state index in [0.29, 0.717) is 16.4 Å². The normalized spacial score (nSPS) is 19.5. The van der Waals surface area contributed by atoms with Crippen molar-refractivity contribution in [2.75, 3.05) is 14.2 Å². The van der Waals surface area contributed by atoms with Gasteiger partial charge < -0.3 is 18.9 Å². The van der Waals surface area contributed by atoms with Crippen molar-refractivity contribution in [2.45, 2.75) is 31.5 Å². The highest BCUT2D eigenvalue weighted by atomic mass is 127. The van der Waals surface area contributed by atoms with Crippen LogP contribution in [-0.2, 0) is 19.1 Å². The lowest BCUT2D eigenvalue weighted by Crippen LogP contribution is -2.48. The molecule has 0 bridgehead atoms. The number of methoxy groups -OCH3 is 2. The van der Waals surface area contributed by atoms with Crippen molar-refractivity contribution in [3.8, 4) is 11.9 Å². The molecule has 2 heterocycles. The third kappa shape index (κ3) is 3.14. The van der Waals surface area contributed by atoms with E-state index in [2.05, 4.69) is 9.97 Å². The third-order valence-electron chi connectivity index (χ3n) is 3.54. The van der Waals surface area contributed by atoms with Gasteiger partial charge >= 0.3 is 17.9 Å². The van der Waals surface area contributed by atoms with Crippen LogP contribution in [0, 0.1) is 3.57 Å². The van der Waals surface area contributed by atoms with E-state index in [9.17, 15) is 9.59 Å². The fraction of sp³-hybridized carbons (Fsp3) is 0.500. The first-order valence-electron chi connectivity index (χ1n) is 7.00.